The Morgan fingerprint density at radius 1 is 1.32 bits per heavy atom. The van der Waals surface area contributed by atoms with Crippen molar-refractivity contribution in [2.45, 2.75) is 24.9 Å². The molecule has 2 aliphatic heterocycles. The summed E-state index contributed by atoms with van der Waals surface area (Å²) < 4.78 is 23.9. The molecule has 1 aromatic rings. The average molecular weight is 340 g/mol. The standard InChI is InChI=1S/C15H20N2O3S2/c18-15(4-3-12-5-8-21-9-12)16-13-10-22(19,20)11-14(13)17-6-1-2-7-17/h3-5,8-9,13-14H,1-2,6-7,10-11H2,(H,16,18)/b4-3-/t13-,14+/m1/s1. The predicted octanol–water partition coefficient (Wildman–Crippen LogP) is 1.14. The Morgan fingerprint density at radius 3 is 2.77 bits per heavy atom. The van der Waals surface area contributed by atoms with Crippen LogP contribution in [0.5, 0.6) is 0 Å². The molecule has 2 fully saturated rings. The Bertz CT molecular complexity index is 646. The zero-order chi connectivity index (χ0) is 15.6. The third-order valence-electron chi connectivity index (χ3n) is 4.23. The number of rotatable bonds is 4. The molecule has 0 bridgehead atoms. The average Bonchev–Trinajstić information content (AvgIpc) is 3.17. The second-order valence-corrected chi connectivity index (χ2v) is 8.83. The number of hydrogen-bond donors (Lipinski definition) is 1. The number of thiophene rings is 1. The van der Waals surface area contributed by atoms with E-state index in [0.717, 1.165) is 31.5 Å². The molecule has 0 saturated carbocycles. The topological polar surface area (TPSA) is 66.5 Å². The van der Waals surface area contributed by atoms with Crippen molar-refractivity contribution in [1.82, 2.24) is 10.2 Å². The zero-order valence-corrected chi connectivity index (χ0v) is 13.9. The van der Waals surface area contributed by atoms with Crippen LogP contribution in [0.4, 0.5) is 0 Å². The lowest BCUT2D eigenvalue weighted by molar-refractivity contribution is -0.117. The lowest BCUT2D eigenvalue weighted by Crippen LogP contribution is -2.49. The van der Waals surface area contributed by atoms with Crippen LogP contribution in [0.3, 0.4) is 0 Å². The van der Waals surface area contributed by atoms with E-state index >= 15 is 0 Å². The van der Waals surface area contributed by atoms with Crippen LogP contribution in [0.15, 0.2) is 22.9 Å². The molecule has 2 aliphatic rings. The number of sulfone groups is 1. The molecule has 0 aliphatic carbocycles. The maximum atomic E-state index is 12.1. The van der Waals surface area contributed by atoms with Gasteiger partial charge in [-0.05, 0) is 54.4 Å². The predicted molar refractivity (Wildman–Crippen MR) is 88.5 cm³/mol. The molecular weight excluding hydrogens is 320 g/mol. The second kappa shape index (κ2) is 6.52. The minimum atomic E-state index is -3.06. The fourth-order valence-electron chi connectivity index (χ4n) is 3.17. The molecule has 0 spiro atoms. The van der Waals surface area contributed by atoms with E-state index in [1.54, 1.807) is 17.4 Å². The molecule has 0 unspecified atom stereocenters. The molecule has 1 amide bonds. The fraction of sp³-hybridized carbons (Fsp3) is 0.533. The van der Waals surface area contributed by atoms with Gasteiger partial charge in [0.1, 0.15) is 0 Å². The second-order valence-electron chi connectivity index (χ2n) is 5.89. The largest absolute Gasteiger partial charge is 0.347 e. The molecule has 0 radical (unpaired) electrons. The monoisotopic (exact) mass is 340 g/mol. The van der Waals surface area contributed by atoms with Crippen LogP contribution in [0, 0.1) is 0 Å². The van der Waals surface area contributed by atoms with Gasteiger partial charge in [0.05, 0.1) is 17.5 Å². The summed E-state index contributed by atoms with van der Waals surface area (Å²) in [6.45, 7) is 1.86. The molecule has 2 saturated heterocycles. The first-order valence-corrected chi connectivity index (χ1v) is 10.3. The summed E-state index contributed by atoms with van der Waals surface area (Å²) in [4.78, 5) is 14.3. The van der Waals surface area contributed by atoms with E-state index in [1.807, 2.05) is 16.8 Å². The van der Waals surface area contributed by atoms with Crippen LogP contribution >= 0.6 is 11.3 Å². The van der Waals surface area contributed by atoms with E-state index in [-0.39, 0.29) is 29.5 Å². The molecule has 3 rings (SSSR count). The number of nitrogens with one attached hydrogen (secondary N) is 1. The van der Waals surface area contributed by atoms with E-state index in [0.29, 0.717) is 0 Å². The van der Waals surface area contributed by atoms with Gasteiger partial charge in [0, 0.05) is 12.1 Å². The highest BCUT2D eigenvalue weighted by Crippen LogP contribution is 2.22. The number of likely N-dealkylation sites (tertiary alicyclic amines) is 1. The third kappa shape index (κ3) is 3.77. The van der Waals surface area contributed by atoms with Crippen molar-refractivity contribution in [2.75, 3.05) is 24.6 Å². The van der Waals surface area contributed by atoms with Crippen molar-refractivity contribution in [3.05, 3.63) is 28.5 Å². The van der Waals surface area contributed by atoms with Gasteiger partial charge in [-0.15, -0.1) is 0 Å². The third-order valence-corrected chi connectivity index (χ3v) is 6.65. The SMILES string of the molecule is O=C(/C=C\c1ccsc1)N[C@@H]1CS(=O)(=O)C[C@@H]1N1CCCC1. The first-order chi connectivity index (χ1) is 10.5. The summed E-state index contributed by atoms with van der Waals surface area (Å²) in [5.41, 5.74) is 0.982. The van der Waals surface area contributed by atoms with Crippen molar-refractivity contribution in [2.24, 2.45) is 0 Å². The molecule has 1 aromatic heterocycles. The smallest absolute Gasteiger partial charge is 0.244 e. The van der Waals surface area contributed by atoms with Crippen LogP contribution in [0.2, 0.25) is 0 Å². The lowest BCUT2D eigenvalue weighted by Gasteiger charge is -2.28. The van der Waals surface area contributed by atoms with Crippen molar-refractivity contribution >= 4 is 33.2 Å². The van der Waals surface area contributed by atoms with Gasteiger partial charge in [-0.3, -0.25) is 9.69 Å². The van der Waals surface area contributed by atoms with Gasteiger partial charge in [-0.25, -0.2) is 8.42 Å². The normalized spacial score (nSPS) is 28.4. The Hall–Kier alpha value is -1.18. The summed E-state index contributed by atoms with van der Waals surface area (Å²) in [6.07, 6.45) is 5.44. The molecule has 7 heteroatoms. The minimum absolute atomic E-state index is 0.0478. The Balaban J connectivity index is 1.65. The molecule has 2 atom stereocenters. The van der Waals surface area contributed by atoms with Crippen molar-refractivity contribution < 1.29 is 13.2 Å². The van der Waals surface area contributed by atoms with Crippen molar-refractivity contribution in [3.8, 4) is 0 Å². The Kier molecular flexibility index (Phi) is 4.65. The quantitative estimate of drug-likeness (QED) is 0.835. The molecule has 0 aromatic carbocycles. The first kappa shape index (κ1) is 15.7. The molecule has 5 nitrogen and oxygen atoms in total. The van der Waals surface area contributed by atoms with E-state index < -0.39 is 9.84 Å². The number of hydrogen-bond acceptors (Lipinski definition) is 5. The number of nitrogens with zero attached hydrogens (tertiary/aromatic N) is 1. The lowest BCUT2D eigenvalue weighted by atomic mass is 10.1. The molecule has 1 N–H and O–H groups in total. The molecule has 3 heterocycles. The van der Waals surface area contributed by atoms with Crippen molar-refractivity contribution in [1.29, 1.82) is 0 Å². The highest BCUT2D eigenvalue weighted by molar-refractivity contribution is 7.91. The summed E-state index contributed by atoms with van der Waals surface area (Å²) in [7, 11) is -3.06. The maximum absolute atomic E-state index is 12.1. The first-order valence-electron chi connectivity index (χ1n) is 7.49. The molecule has 120 valence electrons. The summed E-state index contributed by atoms with van der Waals surface area (Å²) in [5.74, 6) is -0.0178. The number of carbonyl (C=O) groups is 1. The number of carbonyl (C=O) groups excluding carboxylic acids is 1. The van der Waals surface area contributed by atoms with Gasteiger partial charge in [-0.2, -0.15) is 11.3 Å². The number of amides is 1. The van der Waals surface area contributed by atoms with E-state index in [4.69, 9.17) is 0 Å². The van der Waals surface area contributed by atoms with Gasteiger partial charge in [0.15, 0.2) is 9.84 Å². The summed E-state index contributed by atoms with van der Waals surface area (Å²) in [5, 5.41) is 6.78. The Labute approximate surface area is 134 Å². The van der Waals surface area contributed by atoms with E-state index in [1.165, 1.54) is 6.08 Å². The van der Waals surface area contributed by atoms with Crippen LogP contribution in [-0.4, -0.2) is 55.9 Å². The van der Waals surface area contributed by atoms with Gasteiger partial charge in [-0.1, -0.05) is 0 Å². The minimum Gasteiger partial charge on any atom is -0.347 e. The zero-order valence-electron chi connectivity index (χ0n) is 12.3. The van der Waals surface area contributed by atoms with E-state index in [2.05, 4.69) is 10.2 Å². The van der Waals surface area contributed by atoms with Gasteiger partial charge < -0.3 is 5.32 Å². The van der Waals surface area contributed by atoms with Crippen LogP contribution in [0.1, 0.15) is 18.4 Å². The highest BCUT2D eigenvalue weighted by Gasteiger charge is 2.42. The highest BCUT2D eigenvalue weighted by atomic mass is 32.2. The van der Waals surface area contributed by atoms with Crippen LogP contribution in [0.25, 0.3) is 6.08 Å². The molecular formula is C15H20N2O3S2. The summed E-state index contributed by atoms with van der Waals surface area (Å²) in [6, 6.07) is 1.55. The van der Waals surface area contributed by atoms with E-state index in [9.17, 15) is 13.2 Å². The van der Waals surface area contributed by atoms with Crippen molar-refractivity contribution in [3.63, 3.8) is 0 Å². The van der Waals surface area contributed by atoms with Gasteiger partial charge in [0.2, 0.25) is 5.91 Å². The molecule has 22 heavy (non-hydrogen) atoms. The summed E-state index contributed by atoms with van der Waals surface area (Å²) >= 11 is 1.57. The van der Waals surface area contributed by atoms with Gasteiger partial charge in [0.25, 0.3) is 0 Å². The maximum Gasteiger partial charge on any atom is 0.244 e. The Morgan fingerprint density at radius 2 is 2.09 bits per heavy atom. The van der Waals surface area contributed by atoms with Crippen LogP contribution < -0.4 is 5.32 Å². The van der Waals surface area contributed by atoms with Crippen LogP contribution in [-0.2, 0) is 14.6 Å². The van der Waals surface area contributed by atoms with Gasteiger partial charge >= 0.3 is 0 Å². The fourth-order valence-corrected chi connectivity index (χ4v) is 5.75.